The first kappa shape index (κ1) is 22.0. The molecule has 2 amide bonds. The summed E-state index contributed by atoms with van der Waals surface area (Å²) in [6.45, 7) is 9.05. The lowest BCUT2D eigenvalue weighted by Gasteiger charge is -2.39. The van der Waals surface area contributed by atoms with E-state index >= 15 is 0 Å². The van der Waals surface area contributed by atoms with E-state index in [9.17, 15) is 9.59 Å². The lowest BCUT2D eigenvalue weighted by molar-refractivity contribution is -0.115. The number of hydrogen-bond acceptors (Lipinski definition) is 3. The number of nitrogens with one attached hydrogen (secondary N) is 1. The molecule has 2 fully saturated rings. The van der Waals surface area contributed by atoms with E-state index in [0.717, 1.165) is 50.1 Å². The standard InChI is InChI=1S/C28H35N3O2/c1-27(2)15-23-16-28(3,18-27)19-31(23)26(33)21-10-12-22(13-11-21)29-25(32)17-30-14-6-8-20-7-4-5-9-24(20)30/h4-5,7,9-13,23H,6,8,14-19H2,1-3H3,(H,29,32). The molecule has 2 aromatic carbocycles. The van der Waals surface area contributed by atoms with Crippen LogP contribution in [0.1, 0.15) is 62.4 Å². The van der Waals surface area contributed by atoms with E-state index in [1.807, 2.05) is 30.3 Å². The van der Waals surface area contributed by atoms with Crippen molar-refractivity contribution >= 4 is 23.2 Å². The van der Waals surface area contributed by atoms with E-state index < -0.39 is 0 Å². The van der Waals surface area contributed by atoms with E-state index in [1.165, 1.54) is 12.0 Å². The average molecular weight is 446 g/mol. The monoisotopic (exact) mass is 445 g/mol. The van der Waals surface area contributed by atoms with Gasteiger partial charge in [0.1, 0.15) is 0 Å². The third-order valence-corrected chi connectivity index (χ3v) is 7.63. The maximum absolute atomic E-state index is 13.3. The molecule has 3 aliphatic rings. The average Bonchev–Trinajstić information content (AvgIpc) is 3.02. The fourth-order valence-corrected chi connectivity index (χ4v) is 6.71. The van der Waals surface area contributed by atoms with Gasteiger partial charge in [0.25, 0.3) is 5.91 Å². The Morgan fingerprint density at radius 3 is 2.58 bits per heavy atom. The molecule has 174 valence electrons. The normalized spacial score (nSPS) is 25.5. The third-order valence-electron chi connectivity index (χ3n) is 7.63. The van der Waals surface area contributed by atoms with Crippen LogP contribution in [0.3, 0.4) is 0 Å². The van der Waals surface area contributed by atoms with Crippen molar-refractivity contribution < 1.29 is 9.59 Å². The summed E-state index contributed by atoms with van der Waals surface area (Å²) in [6.07, 6.45) is 5.48. The van der Waals surface area contributed by atoms with Crippen molar-refractivity contribution in [2.24, 2.45) is 10.8 Å². The second-order valence-corrected chi connectivity index (χ2v) is 11.4. The summed E-state index contributed by atoms with van der Waals surface area (Å²) in [5, 5.41) is 3.00. The number of hydrogen-bond donors (Lipinski definition) is 1. The molecule has 5 heteroatoms. The van der Waals surface area contributed by atoms with Crippen LogP contribution < -0.4 is 10.2 Å². The van der Waals surface area contributed by atoms with Crippen molar-refractivity contribution in [2.75, 3.05) is 29.9 Å². The predicted octanol–water partition coefficient (Wildman–Crippen LogP) is 5.12. The number of fused-ring (bicyclic) bond motifs is 3. The van der Waals surface area contributed by atoms with Gasteiger partial charge in [0.2, 0.25) is 5.91 Å². The Morgan fingerprint density at radius 2 is 1.79 bits per heavy atom. The second-order valence-electron chi connectivity index (χ2n) is 11.4. The van der Waals surface area contributed by atoms with E-state index in [-0.39, 0.29) is 22.6 Å². The van der Waals surface area contributed by atoms with Crippen LogP contribution in [-0.2, 0) is 11.2 Å². The number of nitrogens with zero attached hydrogens (tertiary/aromatic N) is 2. The zero-order valence-corrected chi connectivity index (χ0v) is 20.1. The molecular weight excluding hydrogens is 410 g/mol. The van der Waals surface area contributed by atoms with Crippen molar-refractivity contribution in [2.45, 2.75) is 58.9 Å². The summed E-state index contributed by atoms with van der Waals surface area (Å²) < 4.78 is 0. The van der Waals surface area contributed by atoms with Gasteiger partial charge in [-0.3, -0.25) is 9.59 Å². The van der Waals surface area contributed by atoms with Gasteiger partial charge in [-0.15, -0.1) is 0 Å². The lowest BCUT2D eigenvalue weighted by Crippen LogP contribution is -2.37. The number of para-hydroxylation sites is 1. The SMILES string of the molecule is CC1(C)CC2CC(C)(CN2C(=O)c2ccc(NC(=O)CN3CCCc4ccccc43)cc2)C1. The zero-order valence-electron chi connectivity index (χ0n) is 20.1. The minimum Gasteiger partial charge on any atom is -0.362 e. The lowest BCUT2D eigenvalue weighted by atomic mass is 9.65. The van der Waals surface area contributed by atoms with Gasteiger partial charge in [-0.25, -0.2) is 0 Å². The Labute approximate surface area is 197 Å². The quantitative estimate of drug-likeness (QED) is 0.711. The minimum absolute atomic E-state index is 0.0331. The number of likely N-dealkylation sites (tertiary alicyclic amines) is 1. The van der Waals surface area contributed by atoms with Crippen molar-refractivity contribution in [1.29, 1.82) is 0 Å². The molecule has 0 spiro atoms. The van der Waals surface area contributed by atoms with Crippen molar-refractivity contribution in [3.63, 3.8) is 0 Å². The van der Waals surface area contributed by atoms with Gasteiger partial charge < -0.3 is 15.1 Å². The molecule has 2 aromatic rings. The molecule has 2 bridgehead atoms. The zero-order chi connectivity index (χ0) is 23.2. The van der Waals surface area contributed by atoms with E-state index in [1.54, 1.807) is 0 Å². The van der Waals surface area contributed by atoms with Crippen LogP contribution in [0.25, 0.3) is 0 Å². The van der Waals surface area contributed by atoms with E-state index in [4.69, 9.17) is 0 Å². The van der Waals surface area contributed by atoms with Crippen LogP contribution in [0.15, 0.2) is 48.5 Å². The molecule has 1 aliphatic carbocycles. The number of aryl methyl sites for hydroxylation is 1. The van der Waals surface area contributed by atoms with Crippen LogP contribution in [0, 0.1) is 10.8 Å². The van der Waals surface area contributed by atoms with Crippen LogP contribution in [0.2, 0.25) is 0 Å². The van der Waals surface area contributed by atoms with Crippen molar-refractivity contribution in [1.82, 2.24) is 4.90 Å². The summed E-state index contributed by atoms with van der Waals surface area (Å²) in [5.41, 5.74) is 4.41. The Kier molecular flexibility index (Phi) is 5.46. The fourth-order valence-electron chi connectivity index (χ4n) is 6.71. The summed E-state index contributed by atoms with van der Waals surface area (Å²) in [7, 11) is 0. The van der Waals surface area contributed by atoms with Gasteiger partial charge >= 0.3 is 0 Å². The Hall–Kier alpha value is -2.82. The number of benzene rings is 2. The van der Waals surface area contributed by atoms with Gasteiger partial charge in [-0.05, 0) is 78.8 Å². The Bertz CT molecular complexity index is 1060. The van der Waals surface area contributed by atoms with Crippen LogP contribution in [0.4, 0.5) is 11.4 Å². The molecule has 1 saturated carbocycles. The van der Waals surface area contributed by atoms with Crippen molar-refractivity contribution in [3.05, 3.63) is 59.7 Å². The number of carbonyl (C=O) groups is 2. The minimum atomic E-state index is -0.0331. The van der Waals surface area contributed by atoms with Gasteiger partial charge in [0, 0.05) is 36.1 Å². The molecular formula is C28H35N3O2. The number of amides is 2. The number of anilines is 2. The highest BCUT2D eigenvalue weighted by atomic mass is 16.2. The molecule has 5 nitrogen and oxygen atoms in total. The molecule has 2 unspecified atom stereocenters. The highest BCUT2D eigenvalue weighted by molar-refractivity contribution is 5.97. The number of rotatable bonds is 4. The number of carbonyl (C=O) groups excluding carboxylic acids is 2. The van der Waals surface area contributed by atoms with E-state index in [0.29, 0.717) is 18.2 Å². The molecule has 2 aliphatic heterocycles. The molecule has 1 saturated heterocycles. The van der Waals surface area contributed by atoms with Crippen LogP contribution in [0.5, 0.6) is 0 Å². The second kappa shape index (κ2) is 8.19. The molecule has 2 heterocycles. The molecule has 0 aromatic heterocycles. The molecule has 1 N–H and O–H groups in total. The first-order chi connectivity index (χ1) is 15.7. The predicted molar refractivity (Wildman–Crippen MR) is 133 cm³/mol. The third kappa shape index (κ3) is 4.50. The van der Waals surface area contributed by atoms with Crippen molar-refractivity contribution in [3.8, 4) is 0 Å². The summed E-state index contributed by atoms with van der Waals surface area (Å²) >= 11 is 0. The van der Waals surface area contributed by atoms with E-state index in [2.05, 4.69) is 54.1 Å². The maximum atomic E-state index is 13.3. The highest BCUT2D eigenvalue weighted by Gasteiger charge is 2.51. The first-order valence-corrected chi connectivity index (χ1v) is 12.3. The first-order valence-electron chi connectivity index (χ1n) is 12.3. The molecule has 33 heavy (non-hydrogen) atoms. The summed E-state index contributed by atoms with van der Waals surface area (Å²) in [4.78, 5) is 30.2. The molecule has 5 rings (SSSR count). The van der Waals surface area contributed by atoms with Crippen LogP contribution >= 0.6 is 0 Å². The van der Waals surface area contributed by atoms with Gasteiger partial charge in [0.05, 0.1) is 6.54 Å². The molecule has 2 atom stereocenters. The van der Waals surface area contributed by atoms with Gasteiger partial charge in [-0.2, -0.15) is 0 Å². The summed E-state index contributed by atoms with van der Waals surface area (Å²) in [6, 6.07) is 16.1. The smallest absolute Gasteiger partial charge is 0.254 e. The maximum Gasteiger partial charge on any atom is 0.254 e. The fraction of sp³-hybridized carbons (Fsp3) is 0.500. The Morgan fingerprint density at radius 1 is 1.03 bits per heavy atom. The Balaban J connectivity index is 1.22. The highest BCUT2D eigenvalue weighted by Crippen LogP contribution is 2.52. The topological polar surface area (TPSA) is 52.7 Å². The van der Waals surface area contributed by atoms with Gasteiger partial charge in [-0.1, -0.05) is 39.0 Å². The van der Waals surface area contributed by atoms with Gasteiger partial charge in [0.15, 0.2) is 0 Å². The summed E-state index contributed by atoms with van der Waals surface area (Å²) in [5.74, 6) is 0.0819. The van der Waals surface area contributed by atoms with Crippen LogP contribution in [-0.4, -0.2) is 42.4 Å². The largest absolute Gasteiger partial charge is 0.362 e. The molecule has 0 radical (unpaired) electrons.